The molecule has 0 radical (unpaired) electrons. The summed E-state index contributed by atoms with van der Waals surface area (Å²) in [6, 6.07) is 5.74. The molecule has 5 nitrogen and oxygen atoms in total. The average molecular weight is 371 g/mol. The van der Waals surface area contributed by atoms with Crippen LogP contribution in [0.5, 0.6) is 5.75 Å². The molecule has 1 heterocycles. The molecular weight excluding hydrogens is 348 g/mol. The Morgan fingerprint density at radius 3 is 2.91 bits per heavy atom. The summed E-state index contributed by atoms with van der Waals surface area (Å²) in [5.74, 6) is 0.663. The van der Waals surface area contributed by atoms with Crippen molar-refractivity contribution in [2.45, 2.75) is 13.3 Å². The third kappa shape index (κ3) is 5.94. The summed E-state index contributed by atoms with van der Waals surface area (Å²) in [4.78, 5) is 14.1. The zero-order valence-corrected chi connectivity index (χ0v) is 14.5. The highest BCUT2D eigenvalue weighted by Gasteiger charge is 2.10. The number of aryl methyl sites for hydroxylation is 1. The molecule has 0 spiro atoms. The normalized spacial score (nSPS) is 15.5. The molecule has 1 aromatic carbocycles. The zero-order valence-electron chi connectivity index (χ0n) is 12.9. The fourth-order valence-corrected chi connectivity index (χ4v) is 2.80. The first-order chi connectivity index (χ1) is 10.6. The smallest absolute Gasteiger partial charge is 0.257 e. The molecule has 1 aromatic rings. The van der Waals surface area contributed by atoms with Crippen LogP contribution in [0.15, 0.2) is 22.7 Å². The number of nitrogens with zero attached hydrogens (tertiary/aromatic N) is 1. The summed E-state index contributed by atoms with van der Waals surface area (Å²) in [5, 5.41) is 2.89. The molecule has 6 heteroatoms. The molecule has 0 saturated carbocycles. The molecule has 1 saturated heterocycles. The molecular formula is C16H23BrN2O3. The summed E-state index contributed by atoms with van der Waals surface area (Å²) in [7, 11) is 0. The molecule has 0 atom stereocenters. The Morgan fingerprint density at radius 2 is 2.18 bits per heavy atom. The predicted octanol–water partition coefficient (Wildman–Crippen LogP) is 1.97. The van der Waals surface area contributed by atoms with E-state index in [0.717, 1.165) is 55.1 Å². The third-order valence-corrected chi connectivity index (χ3v) is 4.07. The van der Waals surface area contributed by atoms with E-state index in [2.05, 4.69) is 26.1 Å². The number of halogens is 1. The van der Waals surface area contributed by atoms with Crippen LogP contribution < -0.4 is 10.1 Å². The number of carbonyl (C=O) groups is 1. The number of ether oxygens (including phenoxy) is 2. The van der Waals surface area contributed by atoms with Gasteiger partial charge in [0.2, 0.25) is 0 Å². The first-order valence-corrected chi connectivity index (χ1v) is 8.40. The predicted molar refractivity (Wildman–Crippen MR) is 89.3 cm³/mol. The van der Waals surface area contributed by atoms with Crippen LogP contribution in [0.25, 0.3) is 0 Å². The number of rotatable bonds is 7. The maximum Gasteiger partial charge on any atom is 0.257 e. The molecule has 22 heavy (non-hydrogen) atoms. The maximum absolute atomic E-state index is 11.8. The number of amides is 1. The van der Waals surface area contributed by atoms with Gasteiger partial charge in [0.1, 0.15) is 5.75 Å². The van der Waals surface area contributed by atoms with Gasteiger partial charge >= 0.3 is 0 Å². The van der Waals surface area contributed by atoms with E-state index in [0.29, 0.717) is 6.54 Å². The number of hydrogen-bond acceptors (Lipinski definition) is 4. The average Bonchev–Trinajstić information content (AvgIpc) is 2.52. The lowest BCUT2D eigenvalue weighted by molar-refractivity contribution is -0.123. The number of morpholine rings is 1. The van der Waals surface area contributed by atoms with Gasteiger partial charge < -0.3 is 14.8 Å². The zero-order chi connectivity index (χ0) is 15.8. The lowest BCUT2D eigenvalue weighted by atomic mass is 10.2. The van der Waals surface area contributed by atoms with E-state index in [1.54, 1.807) is 0 Å². The van der Waals surface area contributed by atoms with Gasteiger partial charge in [-0.15, -0.1) is 0 Å². The molecule has 1 aliphatic rings. The molecule has 122 valence electrons. The van der Waals surface area contributed by atoms with E-state index in [4.69, 9.17) is 9.47 Å². The van der Waals surface area contributed by atoms with Gasteiger partial charge in [-0.3, -0.25) is 9.69 Å². The topological polar surface area (TPSA) is 50.8 Å². The van der Waals surface area contributed by atoms with Gasteiger partial charge in [-0.25, -0.2) is 0 Å². The first-order valence-electron chi connectivity index (χ1n) is 7.61. The number of nitrogens with one attached hydrogen (secondary N) is 1. The van der Waals surface area contributed by atoms with Gasteiger partial charge in [0, 0.05) is 24.1 Å². The summed E-state index contributed by atoms with van der Waals surface area (Å²) >= 11 is 3.40. The standard InChI is InChI=1S/C16H23BrN2O3/c1-13-11-14(17)3-4-15(13)22-12-16(20)18-5-2-6-19-7-9-21-10-8-19/h3-4,11H,2,5-10,12H2,1H3,(H,18,20). The van der Waals surface area contributed by atoms with Gasteiger partial charge in [-0.05, 0) is 43.7 Å². The van der Waals surface area contributed by atoms with Crippen LogP contribution in [0.3, 0.4) is 0 Å². The van der Waals surface area contributed by atoms with Crippen molar-refractivity contribution in [1.29, 1.82) is 0 Å². The second kappa shape index (κ2) is 9.12. The minimum Gasteiger partial charge on any atom is -0.484 e. The quantitative estimate of drug-likeness (QED) is 0.745. The van der Waals surface area contributed by atoms with Gasteiger partial charge in [0.25, 0.3) is 5.91 Å². The Balaban J connectivity index is 1.59. The van der Waals surface area contributed by atoms with Crippen LogP contribution in [0.2, 0.25) is 0 Å². The van der Waals surface area contributed by atoms with Crippen LogP contribution in [0.1, 0.15) is 12.0 Å². The highest BCUT2D eigenvalue weighted by atomic mass is 79.9. The fourth-order valence-electron chi connectivity index (χ4n) is 2.32. The Labute approximate surface area is 140 Å². The number of carbonyl (C=O) groups excluding carboxylic acids is 1. The van der Waals surface area contributed by atoms with Crippen molar-refractivity contribution in [1.82, 2.24) is 10.2 Å². The summed E-state index contributed by atoms with van der Waals surface area (Å²) < 4.78 is 11.8. The van der Waals surface area contributed by atoms with Crippen molar-refractivity contribution < 1.29 is 14.3 Å². The van der Waals surface area contributed by atoms with E-state index < -0.39 is 0 Å². The number of hydrogen-bond donors (Lipinski definition) is 1. The van der Waals surface area contributed by atoms with Gasteiger partial charge in [-0.2, -0.15) is 0 Å². The molecule has 0 aliphatic carbocycles. The Bertz CT molecular complexity index is 490. The number of benzene rings is 1. The molecule has 0 bridgehead atoms. The first kappa shape index (κ1) is 17.2. The van der Waals surface area contributed by atoms with Crippen LogP contribution in [0, 0.1) is 6.92 Å². The van der Waals surface area contributed by atoms with Crippen molar-refractivity contribution >= 4 is 21.8 Å². The van der Waals surface area contributed by atoms with Crippen LogP contribution >= 0.6 is 15.9 Å². The Morgan fingerprint density at radius 1 is 1.41 bits per heavy atom. The van der Waals surface area contributed by atoms with Crippen LogP contribution in [0.4, 0.5) is 0 Å². The minimum atomic E-state index is -0.0794. The SMILES string of the molecule is Cc1cc(Br)ccc1OCC(=O)NCCCN1CCOCC1. The highest BCUT2D eigenvalue weighted by Crippen LogP contribution is 2.21. The van der Waals surface area contributed by atoms with Gasteiger partial charge in [-0.1, -0.05) is 15.9 Å². The molecule has 0 aromatic heterocycles. The lowest BCUT2D eigenvalue weighted by Gasteiger charge is -2.26. The summed E-state index contributed by atoms with van der Waals surface area (Å²) in [6.07, 6.45) is 0.947. The molecule has 1 aliphatic heterocycles. The summed E-state index contributed by atoms with van der Waals surface area (Å²) in [6.45, 7) is 7.29. The molecule has 1 amide bonds. The van der Waals surface area contributed by atoms with Crippen molar-refractivity contribution in [3.8, 4) is 5.75 Å². The summed E-state index contributed by atoms with van der Waals surface area (Å²) in [5.41, 5.74) is 1.01. The lowest BCUT2D eigenvalue weighted by Crippen LogP contribution is -2.38. The highest BCUT2D eigenvalue weighted by molar-refractivity contribution is 9.10. The van der Waals surface area contributed by atoms with E-state index in [9.17, 15) is 4.79 Å². The molecule has 1 N–H and O–H groups in total. The van der Waals surface area contributed by atoms with Crippen molar-refractivity contribution in [2.75, 3.05) is 46.0 Å². The van der Waals surface area contributed by atoms with E-state index in [1.165, 1.54) is 0 Å². The Kier molecular flexibility index (Phi) is 7.15. The van der Waals surface area contributed by atoms with Crippen LogP contribution in [-0.2, 0) is 9.53 Å². The van der Waals surface area contributed by atoms with Crippen LogP contribution in [-0.4, -0.2) is 56.8 Å². The Hall–Kier alpha value is -1.11. The monoisotopic (exact) mass is 370 g/mol. The largest absolute Gasteiger partial charge is 0.484 e. The van der Waals surface area contributed by atoms with Gasteiger partial charge in [0.15, 0.2) is 6.61 Å². The van der Waals surface area contributed by atoms with E-state index in [1.807, 2.05) is 25.1 Å². The third-order valence-electron chi connectivity index (χ3n) is 3.57. The molecule has 1 fully saturated rings. The molecule has 0 unspecified atom stereocenters. The van der Waals surface area contributed by atoms with Crippen molar-refractivity contribution in [3.05, 3.63) is 28.2 Å². The van der Waals surface area contributed by atoms with E-state index in [-0.39, 0.29) is 12.5 Å². The fraction of sp³-hybridized carbons (Fsp3) is 0.562. The maximum atomic E-state index is 11.8. The minimum absolute atomic E-state index is 0.0556. The molecule has 2 rings (SSSR count). The van der Waals surface area contributed by atoms with Crippen molar-refractivity contribution in [2.24, 2.45) is 0 Å². The van der Waals surface area contributed by atoms with Gasteiger partial charge in [0.05, 0.1) is 13.2 Å². The van der Waals surface area contributed by atoms with E-state index >= 15 is 0 Å². The second-order valence-electron chi connectivity index (χ2n) is 5.36. The second-order valence-corrected chi connectivity index (χ2v) is 6.27. The van der Waals surface area contributed by atoms with Crippen molar-refractivity contribution in [3.63, 3.8) is 0 Å².